The van der Waals surface area contributed by atoms with Gasteiger partial charge in [-0.2, -0.15) is 0 Å². The Hall–Kier alpha value is -3.71. The Bertz CT molecular complexity index is 1450. The standard InChI is InChI=1S/C33H34F2N4O/c1-22-16-25(12-14-36-22)33-27-20-38(15-13-26(27)18-37-33)32(40)17-23-10-11-31(24-6-3-2-4-7-24)39(19-23)21-28-29(34)8-5-9-30(28)35/h2-9,12,14,16,23,31H,10-11,13,15,17-21H2,1H3. The number of amides is 1. The molecule has 206 valence electrons. The first-order chi connectivity index (χ1) is 19.5. The van der Waals surface area contributed by atoms with E-state index in [1.807, 2.05) is 48.4 Å². The van der Waals surface area contributed by atoms with Gasteiger partial charge in [0.1, 0.15) is 11.6 Å². The van der Waals surface area contributed by atoms with E-state index in [2.05, 4.69) is 22.0 Å². The van der Waals surface area contributed by atoms with Gasteiger partial charge in [0.25, 0.3) is 0 Å². The first kappa shape index (κ1) is 26.5. The smallest absolute Gasteiger partial charge is 0.223 e. The molecular weight excluding hydrogens is 506 g/mol. The van der Waals surface area contributed by atoms with Crippen LogP contribution in [-0.4, -0.2) is 52.6 Å². The van der Waals surface area contributed by atoms with Crippen LogP contribution in [0.15, 0.2) is 83.0 Å². The van der Waals surface area contributed by atoms with Crippen molar-refractivity contribution in [1.82, 2.24) is 14.8 Å². The molecule has 0 radical (unpaired) electrons. The lowest BCUT2D eigenvalue weighted by Crippen LogP contribution is -2.42. The maximum absolute atomic E-state index is 14.6. The maximum Gasteiger partial charge on any atom is 0.223 e. The van der Waals surface area contributed by atoms with Crippen molar-refractivity contribution < 1.29 is 13.6 Å². The minimum Gasteiger partial charge on any atom is -0.338 e. The Morgan fingerprint density at radius 2 is 1.82 bits per heavy atom. The molecule has 3 aliphatic rings. The van der Waals surface area contributed by atoms with E-state index >= 15 is 0 Å². The van der Waals surface area contributed by atoms with Crippen LogP contribution in [0.25, 0.3) is 0 Å². The Morgan fingerprint density at radius 3 is 2.60 bits per heavy atom. The molecule has 2 unspecified atom stereocenters. The van der Waals surface area contributed by atoms with Gasteiger partial charge in [-0.15, -0.1) is 0 Å². The number of halogens is 2. The molecule has 1 saturated heterocycles. The average molecular weight is 541 g/mol. The van der Waals surface area contributed by atoms with Crippen LogP contribution >= 0.6 is 0 Å². The van der Waals surface area contributed by atoms with Gasteiger partial charge in [0, 0.05) is 61.7 Å². The Morgan fingerprint density at radius 1 is 1.02 bits per heavy atom. The highest BCUT2D eigenvalue weighted by molar-refractivity contribution is 6.15. The minimum atomic E-state index is -0.527. The van der Waals surface area contributed by atoms with Crippen LogP contribution in [0.5, 0.6) is 0 Å². The second-order valence-corrected chi connectivity index (χ2v) is 11.2. The van der Waals surface area contributed by atoms with Gasteiger partial charge in [0.2, 0.25) is 5.91 Å². The van der Waals surface area contributed by atoms with E-state index in [1.165, 1.54) is 29.3 Å². The van der Waals surface area contributed by atoms with Crippen molar-refractivity contribution in [3.63, 3.8) is 0 Å². The zero-order valence-corrected chi connectivity index (χ0v) is 22.8. The van der Waals surface area contributed by atoms with Crippen molar-refractivity contribution in [2.24, 2.45) is 10.9 Å². The number of rotatable bonds is 6. The van der Waals surface area contributed by atoms with E-state index in [9.17, 15) is 13.6 Å². The summed E-state index contributed by atoms with van der Waals surface area (Å²) in [5.74, 6) is -0.789. The normalized spacial score (nSPS) is 21.4. The summed E-state index contributed by atoms with van der Waals surface area (Å²) in [4.78, 5) is 26.8. The molecule has 1 fully saturated rings. The van der Waals surface area contributed by atoms with Gasteiger partial charge in [-0.1, -0.05) is 36.4 Å². The van der Waals surface area contributed by atoms with E-state index in [-0.39, 0.29) is 30.0 Å². The molecule has 3 aromatic rings. The molecule has 6 rings (SSSR count). The highest BCUT2D eigenvalue weighted by atomic mass is 19.1. The number of carbonyl (C=O) groups excluding carboxylic acids is 1. The number of hydrogen-bond acceptors (Lipinski definition) is 4. The van der Waals surface area contributed by atoms with Crippen molar-refractivity contribution in [2.75, 3.05) is 26.2 Å². The van der Waals surface area contributed by atoms with Gasteiger partial charge < -0.3 is 4.90 Å². The molecule has 0 spiro atoms. The SMILES string of the molecule is Cc1cc(C2=NCC3=C2CN(C(=O)CC2CCC(c4ccccc4)N(Cc4c(F)cccc4F)C2)CC3)ccn1. The maximum atomic E-state index is 14.6. The van der Waals surface area contributed by atoms with Crippen molar-refractivity contribution in [1.29, 1.82) is 0 Å². The summed E-state index contributed by atoms with van der Waals surface area (Å²) in [5.41, 5.74) is 6.72. The molecule has 5 nitrogen and oxygen atoms in total. The van der Waals surface area contributed by atoms with E-state index in [1.54, 1.807) is 0 Å². The van der Waals surface area contributed by atoms with Gasteiger partial charge in [0.05, 0.1) is 12.3 Å². The number of hydrogen-bond donors (Lipinski definition) is 0. The fourth-order valence-electron chi connectivity index (χ4n) is 6.44. The average Bonchev–Trinajstić information content (AvgIpc) is 3.39. The lowest BCUT2D eigenvalue weighted by molar-refractivity contribution is -0.132. The third kappa shape index (κ3) is 5.48. The topological polar surface area (TPSA) is 48.8 Å². The molecule has 2 aromatic carbocycles. The van der Waals surface area contributed by atoms with Crippen LogP contribution in [-0.2, 0) is 11.3 Å². The summed E-state index contributed by atoms with van der Waals surface area (Å²) in [6.45, 7) is 4.76. The highest BCUT2D eigenvalue weighted by Crippen LogP contribution is 2.37. The Labute approximate surface area is 234 Å². The molecule has 0 saturated carbocycles. The largest absolute Gasteiger partial charge is 0.338 e. The molecule has 40 heavy (non-hydrogen) atoms. The predicted molar refractivity (Wildman–Crippen MR) is 152 cm³/mol. The van der Waals surface area contributed by atoms with Crippen molar-refractivity contribution in [3.8, 4) is 0 Å². The number of likely N-dealkylation sites (tertiary alicyclic amines) is 1. The van der Waals surface area contributed by atoms with Crippen LogP contribution in [0.1, 0.15) is 54.1 Å². The number of aryl methyl sites for hydroxylation is 1. The van der Waals surface area contributed by atoms with E-state index in [0.29, 0.717) is 32.6 Å². The van der Waals surface area contributed by atoms with Crippen molar-refractivity contribution in [3.05, 3.63) is 112 Å². The number of piperidine rings is 1. The molecule has 7 heteroatoms. The molecule has 3 aliphatic heterocycles. The zero-order valence-electron chi connectivity index (χ0n) is 22.8. The summed E-state index contributed by atoms with van der Waals surface area (Å²) in [6, 6.07) is 18.2. The zero-order chi connectivity index (χ0) is 27.6. The number of benzene rings is 2. The third-order valence-corrected chi connectivity index (χ3v) is 8.55. The number of nitrogens with zero attached hydrogens (tertiary/aromatic N) is 4. The molecule has 0 aliphatic carbocycles. The number of aromatic nitrogens is 1. The third-order valence-electron chi connectivity index (χ3n) is 8.55. The summed E-state index contributed by atoms with van der Waals surface area (Å²) in [7, 11) is 0. The second kappa shape index (κ2) is 11.4. The molecule has 2 atom stereocenters. The summed E-state index contributed by atoms with van der Waals surface area (Å²) in [6.07, 6.45) is 4.82. The van der Waals surface area contributed by atoms with Gasteiger partial charge in [0.15, 0.2) is 0 Å². The summed E-state index contributed by atoms with van der Waals surface area (Å²) < 4.78 is 29.2. The van der Waals surface area contributed by atoms with Crippen LogP contribution in [0.4, 0.5) is 8.78 Å². The van der Waals surface area contributed by atoms with E-state index in [0.717, 1.165) is 41.8 Å². The molecule has 1 amide bonds. The monoisotopic (exact) mass is 540 g/mol. The molecular formula is C33H34F2N4O. The van der Waals surface area contributed by atoms with E-state index < -0.39 is 11.6 Å². The van der Waals surface area contributed by atoms with Gasteiger partial charge in [-0.05, 0) is 73.1 Å². The van der Waals surface area contributed by atoms with Gasteiger partial charge in [-0.3, -0.25) is 19.7 Å². The molecule has 0 N–H and O–H groups in total. The van der Waals surface area contributed by atoms with Crippen LogP contribution in [0.2, 0.25) is 0 Å². The minimum absolute atomic E-state index is 0.0512. The molecule has 4 heterocycles. The number of pyridine rings is 1. The first-order valence-corrected chi connectivity index (χ1v) is 14.1. The molecule has 0 bridgehead atoms. The highest BCUT2D eigenvalue weighted by Gasteiger charge is 2.34. The van der Waals surface area contributed by atoms with Gasteiger partial charge >= 0.3 is 0 Å². The summed E-state index contributed by atoms with van der Waals surface area (Å²) in [5, 5.41) is 0. The van der Waals surface area contributed by atoms with Crippen LogP contribution in [0.3, 0.4) is 0 Å². The quantitative estimate of drug-likeness (QED) is 0.383. The lowest BCUT2D eigenvalue weighted by atomic mass is 9.86. The predicted octanol–water partition coefficient (Wildman–Crippen LogP) is 6.04. The molecule has 1 aromatic heterocycles. The Balaban J connectivity index is 1.16. The van der Waals surface area contributed by atoms with Crippen molar-refractivity contribution >= 4 is 11.6 Å². The second-order valence-electron chi connectivity index (χ2n) is 11.2. The van der Waals surface area contributed by atoms with Gasteiger partial charge in [-0.25, -0.2) is 8.78 Å². The number of aliphatic imine (C=N–C) groups is 1. The Kier molecular flexibility index (Phi) is 7.57. The van der Waals surface area contributed by atoms with Crippen molar-refractivity contribution in [2.45, 2.75) is 45.2 Å². The first-order valence-electron chi connectivity index (χ1n) is 14.1. The summed E-state index contributed by atoms with van der Waals surface area (Å²) >= 11 is 0. The van der Waals surface area contributed by atoms with Crippen LogP contribution in [0, 0.1) is 24.5 Å². The van der Waals surface area contributed by atoms with Crippen LogP contribution < -0.4 is 0 Å². The lowest BCUT2D eigenvalue weighted by Gasteiger charge is -2.40. The van der Waals surface area contributed by atoms with E-state index in [4.69, 9.17) is 4.99 Å². The number of carbonyl (C=O) groups is 1. The fourth-order valence-corrected chi connectivity index (χ4v) is 6.44. The fraction of sp³-hybridized carbons (Fsp3) is 0.364.